The second kappa shape index (κ2) is 3.78. The van der Waals surface area contributed by atoms with Crippen molar-refractivity contribution in [3.05, 3.63) is 18.2 Å². The third-order valence-corrected chi connectivity index (χ3v) is 1.57. The van der Waals surface area contributed by atoms with Crippen LogP contribution in [0, 0.1) is 0 Å². The van der Waals surface area contributed by atoms with Crippen LogP contribution in [-0.2, 0) is 12.7 Å². The molecule has 1 N–H and O–H groups in total. The van der Waals surface area contributed by atoms with Gasteiger partial charge in [-0.3, -0.25) is 0 Å². The summed E-state index contributed by atoms with van der Waals surface area (Å²) in [7, 11) is 1.68. The number of aromatic nitrogens is 2. The Hall–Kier alpha value is -1.04. The maximum absolute atomic E-state index is 12.2. The molecule has 3 nitrogen and oxygen atoms in total. The van der Waals surface area contributed by atoms with Gasteiger partial charge in [-0.1, -0.05) is 0 Å². The molecule has 0 spiro atoms. The minimum absolute atomic E-state index is 0.269. The molecule has 0 saturated heterocycles. The summed E-state index contributed by atoms with van der Waals surface area (Å²) in [6.07, 6.45) is -1.89. The molecule has 0 unspecified atom stereocenters. The van der Waals surface area contributed by atoms with Crippen LogP contribution in [-0.4, -0.2) is 23.1 Å². The zero-order valence-corrected chi connectivity index (χ0v) is 7.10. The molecular formula is C7H10F3N3. The fraction of sp³-hybridized carbons (Fsp3) is 0.571. The molecule has 6 heteroatoms. The Morgan fingerprint density at radius 2 is 2.23 bits per heavy atom. The number of alkyl halides is 3. The van der Waals surface area contributed by atoms with Crippen LogP contribution in [0.5, 0.6) is 0 Å². The van der Waals surface area contributed by atoms with E-state index in [9.17, 15) is 13.2 Å². The second-order valence-electron chi connectivity index (χ2n) is 2.55. The SMILES string of the molecule is CNCCn1ccnc1C(F)(F)F. The Labute approximate surface area is 73.6 Å². The van der Waals surface area contributed by atoms with Gasteiger partial charge >= 0.3 is 6.18 Å². The summed E-state index contributed by atoms with van der Waals surface area (Å²) in [6.45, 7) is 0.755. The second-order valence-corrected chi connectivity index (χ2v) is 2.55. The van der Waals surface area contributed by atoms with E-state index in [1.165, 1.54) is 6.20 Å². The van der Waals surface area contributed by atoms with Gasteiger partial charge < -0.3 is 9.88 Å². The third-order valence-electron chi connectivity index (χ3n) is 1.57. The molecular weight excluding hydrogens is 183 g/mol. The van der Waals surface area contributed by atoms with Crippen molar-refractivity contribution in [1.82, 2.24) is 14.9 Å². The lowest BCUT2D eigenvalue weighted by Gasteiger charge is -2.09. The van der Waals surface area contributed by atoms with Gasteiger partial charge in [-0.05, 0) is 7.05 Å². The maximum atomic E-state index is 12.2. The average molecular weight is 193 g/mol. The van der Waals surface area contributed by atoms with Gasteiger partial charge in [0.05, 0.1) is 0 Å². The van der Waals surface area contributed by atoms with E-state index in [-0.39, 0.29) is 6.54 Å². The molecule has 1 rings (SSSR count). The van der Waals surface area contributed by atoms with Gasteiger partial charge in [0.25, 0.3) is 0 Å². The summed E-state index contributed by atoms with van der Waals surface area (Å²) in [4.78, 5) is 3.25. The number of halogens is 3. The maximum Gasteiger partial charge on any atom is 0.449 e. The number of nitrogens with zero attached hydrogens (tertiary/aromatic N) is 2. The van der Waals surface area contributed by atoms with Crippen molar-refractivity contribution in [1.29, 1.82) is 0 Å². The zero-order chi connectivity index (χ0) is 9.90. The molecule has 0 saturated carbocycles. The number of likely N-dealkylation sites (N-methyl/N-ethyl adjacent to an activating group) is 1. The van der Waals surface area contributed by atoms with E-state index >= 15 is 0 Å². The molecule has 0 aromatic carbocycles. The minimum atomic E-state index is -4.36. The number of imidazole rings is 1. The standard InChI is InChI=1S/C7H10F3N3/c1-11-2-4-13-5-3-12-6(13)7(8,9)10/h3,5,11H,2,4H2,1H3. The summed E-state index contributed by atoms with van der Waals surface area (Å²) in [5.74, 6) is -0.845. The third kappa shape index (κ3) is 2.45. The van der Waals surface area contributed by atoms with Crippen LogP contribution in [0.15, 0.2) is 12.4 Å². The predicted octanol–water partition coefficient (Wildman–Crippen LogP) is 1.12. The Balaban J connectivity index is 2.77. The van der Waals surface area contributed by atoms with Gasteiger partial charge in [0.15, 0.2) is 0 Å². The Morgan fingerprint density at radius 3 is 2.77 bits per heavy atom. The average Bonchev–Trinajstić information content (AvgIpc) is 2.47. The van der Waals surface area contributed by atoms with Gasteiger partial charge in [0, 0.05) is 25.5 Å². The zero-order valence-electron chi connectivity index (χ0n) is 7.10. The highest BCUT2D eigenvalue weighted by Crippen LogP contribution is 2.27. The minimum Gasteiger partial charge on any atom is -0.326 e. The number of nitrogens with one attached hydrogen (secondary N) is 1. The molecule has 0 fully saturated rings. The molecule has 1 aromatic rings. The number of hydrogen-bond donors (Lipinski definition) is 1. The lowest BCUT2D eigenvalue weighted by molar-refractivity contribution is -0.147. The highest BCUT2D eigenvalue weighted by Gasteiger charge is 2.35. The van der Waals surface area contributed by atoms with E-state index in [0.717, 1.165) is 10.8 Å². The molecule has 1 heterocycles. The van der Waals surface area contributed by atoms with Gasteiger partial charge in [0.1, 0.15) is 0 Å². The van der Waals surface area contributed by atoms with Crippen molar-refractivity contribution < 1.29 is 13.2 Å². The summed E-state index contributed by atoms with van der Waals surface area (Å²) >= 11 is 0. The van der Waals surface area contributed by atoms with Crippen LogP contribution in [0.25, 0.3) is 0 Å². The molecule has 0 atom stereocenters. The van der Waals surface area contributed by atoms with Crippen LogP contribution < -0.4 is 5.32 Å². The van der Waals surface area contributed by atoms with Crippen LogP contribution in [0.1, 0.15) is 5.82 Å². The lowest BCUT2D eigenvalue weighted by atomic mass is 10.5. The summed E-state index contributed by atoms with van der Waals surface area (Å²) < 4.78 is 37.7. The summed E-state index contributed by atoms with van der Waals surface area (Å²) in [5.41, 5.74) is 0. The predicted molar refractivity (Wildman–Crippen MR) is 41.2 cm³/mol. The fourth-order valence-corrected chi connectivity index (χ4v) is 0.978. The number of rotatable bonds is 3. The normalized spacial score (nSPS) is 12.0. The van der Waals surface area contributed by atoms with Crippen molar-refractivity contribution in [3.8, 4) is 0 Å². The van der Waals surface area contributed by atoms with E-state index in [1.807, 2.05) is 0 Å². The van der Waals surface area contributed by atoms with Crippen molar-refractivity contribution in [2.75, 3.05) is 13.6 Å². The van der Waals surface area contributed by atoms with E-state index < -0.39 is 12.0 Å². The highest BCUT2D eigenvalue weighted by atomic mass is 19.4. The number of hydrogen-bond acceptors (Lipinski definition) is 2. The topological polar surface area (TPSA) is 29.9 Å². The van der Waals surface area contributed by atoms with E-state index in [2.05, 4.69) is 10.3 Å². The van der Waals surface area contributed by atoms with Crippen molar-refractivity contribution in [3.63, 3.8) is 0 Å². The molecule has 0 aliphatic rings. The first-order valence-electron chi connectivity index (χ1n) is 3.78. The Bertz CT molecular complexity index is 266. The van der Waals surface area contributed by atoms with Crippen molar-refractivity contribution in [2.45, 2.75) is 12.7 Å². The van der Waals surface area contributed by atoms with Crippen molar-refractivity contribution in [2.24, 2.45) is 0 Å². The van der Waals surface area contributed by atoms with E-state index in [1.54, 1.807) is 7.05 Å². The van der Waals surface area contributed by atoms with Gasteiger partial charge in [-0.2, -0.15) is 13.2 Å². The first-order valence-corrected chi connectivity index (χ1v) is 3.78. The van der Waals surface area contributed by atoms with Crippen LogP contribution in [0.3, 0.4) is 0 Å². The molecule has 0 amide bonds. The molecule has 1 aromatic heterocycles. The van der Waals surface area contributed by atoms with Crippen LogP contribution in [0.4, 0.5) is 13.2 Å². The monoisotopic (exact) mass is 193 g/mol. The highest BCUT2D eigenvalue weighted by molar-refractivity contribution is 4.96. The van der Waals surface area contributed by atoms with E-state index in [0.29, 0.717) is 6.54 Å². The largest absolute Gasteiger partial charge is 0.449 e. The van der Waals surface area contributed by atoms with Gasteiger partial charge in [0.2, 0.25) is 5.82 Å². The molecule has 13 heavy (non-hydrogen) atoms. The van der Waals surface area contributed by atoms with Gasteiger partial charge in [-0.15, -0.1) is 0 Å². The molecule has 0 aliphatic carbocycles. The van der Waals surface area contributed by atoms with Gasteiger partial charge in [-0.25, -0.2) is 4.98 Å². The van der Waals surface area contributed by atoms with Crippen LogP contribution >= 0.6 is 0 Å². The Kier molecular flexibility index (Phi) is 2.92. The fourth-order valence-electron chi connectivity index (χ4n) is 0.978. The van der Waals surface area contributed by atoms with E-state index in [4.69, 9.17) is 0 Å². The first kappa shape index (κ1) is 10.0. The lowest BCUT2D eigenvalue weighted by Crippen LogP contribution is -2.20. The smallest absolute Gasteiger partial charge is 0.326 e. The summed E-state index contributed by atoms with van der Waals surface area (Å²) in [6, 6.07) is 0. The Morgan fingerprint density at radius 1 is 1.54 bits per heavy atom. The molecule has 74 valence electrons. The molecule has 0 aliphatic heterocycles. The summed E-state index contributed by atoms with van der Waals surface area (Å²) in [5, 5.41) is 2.77. The molecule has 0 bridgehead atoms. The van der Waals surface area contributed by atoms with Crippen molar-refractivity contribution >= 4 is 0 Å². The quantitative estimate of drug-likeness (QED) is 0.779. The first-order chi connectivity index (χ1) is 6.05. The van der Waals surface area contributed by atoms with Crippen LogP contribution in [0.2, 0.25) is 0 Å². The molecule has 0 radical (unpaired) electrons.